The van der Waals surface area contributed by atoms with Gasteiger partial charge in [0.2, 0.25) is 0 Å². The number of rotatable bonds is 72. The van der Waals surface area contributed by atoms with E-state index in [9.17, 15) is 43.2 Å². The van der Waals surface area contributed by atoms with E-state index in [2.05, 4.69) is 174 Å². The molecule has 0 aromatic rings. The van der Waals surface area contributed by atoms with Gasteiger partial charge in [0.05, 0.1) is 26.4 Å². The predicted octanol–water partition coefficient (Wildman–Crippen LogP) is 22.7. The maximum Gasteiger partial charge on any atom is 0.472 e. The molecular weight excluding hydrogens is 1330 g/mol. The second-order valence-electron chi connectivity index (χ2n) is 25.5. The van der Waals surface area contributed by atoms with E-state index in [1.54, 1.807) is 0 Å². The molecule has 0 rings (SSSR count). The van der Waals surface area contributed by atoms with Crippen LogP contribution in [0.3, 0.4) is 0 Å². The van der Waals surface area contributed by atoms with Gasteiger partial charge in [-0.3, -0.25) is 37.3 Å². The van der Waals surface area contributed by atoms with Gasteiger partial charge >= 0.3 is 39.5 Å². The molecule has 5 atom stereocenters. The Kier molecular flexibility index (Phi) is 70.5. The average molecular weight is 1470 g/mol. The molecule has 0 heterocycles. The van der Waals surface area contributed by atoms with Gasteiger partial charge in [-0.05, 0) is 161 Å². The minimum Gasteiger partial charge on any atom is -0.462 e. The Hall–Kier alpha value is -5.06. The number of phosphoric ester groups is 2. The Morgan fingerprint density at radius 1 is 0.284 bits per heavy atom. The monoisotopic (exact) mass is 1470 g/mol. The number of esters is 4. The average Bonchev–Trinajstić information content (AvgIpc) is 0.928. The molecule has 102 heavy (non-hydrogen) atoms. The van der Waals surface area contributed by atoms with Crippen molar-refractivity contribution in [1.29, 1.82) is 0 Å². The molecule has 5 unspecified atom stereocenters. The molecule has 0 radical (unpaired) electrons. The molecule has 19 heteroatoms. The standard InChI is InChI=1S/C83H138O17P2/c1-5-9-13-17-21-25-29-32-34-36-38-40-42-45-48-51-55-59-63-67-80(85)93-73-78(99-82(87)69-65-61-57-53-47-28-24-20-16-12-8-4)75-97-101(89,90)95-71-77(84)72-96-102(91,92)98-76-79(100-83(88)70-66-62-58-54-50-44-31-27-23-19-15-11-7-3)74-94-81(86)68-64-60-56-52-49-46-43-41-39-37-35-33-30-26-22-18-14-10-6-2/h9-10,13-14,20-22,24-27,31-35,38-41,45-46,48-49,77-79,84H,5-8,11-12,15-19,23,28-30,36-37,42-44,47,50-76H2,1-4H3,(H,89,90)(H,91,92)/b13-9-,14-10-,24-20-,25-21-,26-22-,31-27-,34-32-,35-33-,40-38-,41-39-,48-45-,49-46-. The third-order valence-corrected chi connectivity index (χ3v) is 17.7. The molecule has 0 saturated carbocycles. The Balaban J connectivity index is 5.38. The topological polar surface area (TPSA) is 237 Å². The number of aliphatic hydroxyl groups excluding tert-OH is 1. The number of aliphatic hydroxyl groups is 1. The lowest BCUT2D eigenvalue weighted by molar-refractivity contribution is -0.161. The third kappa shape index (κ3) is 73.3. The molecule has 0 aliphatic carbocycles. The van der Waals surface area contributed by atoms with Crippen LogP contribution in [0, 0.1) is 0 Å². The molecule has 0 aliphatic heterocycles. The summed E-state index contributed by atoms with van der Waals surface area (Å²) >= 11 is 0. The van der Waals surface area contributed by atoms with Crippen molar-refractivity contribution in [2.45, 2.75) is 316 Å². The summed E-state index contributed by atoms with van der Waals surface area (Å²) in [7, 11) is -9.98. The smallest absolute Gasteiger partial charge is 0.462 e. The fraction of sp³-hybridized carbons (Fsp3) is 0.663. The van der Waals surface area contributed by atoms with Crippen LogP contribution in [0.15, 0.2) is 146 Å². The van der Waals surface area contributed by atoms with Crippen molar-refractivity contribution < 1.29 is 80.2 Å². The molecule has 582 valence electrons. The summed E-state index contributed by atoms with van der Waals surface area (Å²) in [6, 6.07) is 0. The lowest BCUT2D eigenvalue weighted by atomic mass is 10.1. The Bertz CT molecular complexity index is 2510. The predicted molar refractivity (Wildman–Crippen MR) is 417 cm³/mol. The van der Waals surface area contributed by atoms with Gasteiger partial charge in [-0.1, -0.05) is 257 Å². The second kappa shape index (κ2) is 74.2. The highest BCUT2D eigenvalue weighted by Gasteiger charge is 2.30. The molecule has 0 bridgehead atoms. The van der Waals surface area contributed by atoms with E-state index in [4.69, 9.17) is 37.0 Å². The quantitative estimate of drug-likeness (QED) is 0.0169. The van der Waals surface area contributed by atoms with Crippen molar-refractivity contribution in [1.82, 2.24) is 0 Å². The zero-order valence-electron chi connectivity index (χ0n) is 63.5. The minimum atomic E-state index is -4.99. The van der Waals surface area contributed by atoms with Crippen molar-refractivity contribution in [2.24, 2.45) is 0 Å². The zero-order chi connectivity index (χ0) is 74.6. The summed E-state index contributed by atoms with van der Waals surface area (Å²) in [6.07, 6.45) is 84.1. The molecule has 0 fully saturated rings. The highest BCUT2D eigenvalue weighted by atomic mass is 31.2. The summed E-state index contributed by atoms with van der Waals surface area (Å²) in [5, 5.41) is 10.6. The van der Waals surface area contributed by atoms with Crippen LogP contribution in [-0.4, -0.2) is 96.7 Å². The highest BCUT2D eigenvalue weighted by molar-refractivity contribution is 7.47. The first-order valence-corrected chi connectivity index (χ1v) is 42.1. The van der Waals surface area contributed by atoms with Crippen molar-refractivity contribution >= 4 is 39.5 Å². The number of unbranched alkanes of at least 4 members (excludes halogenated alkanes) is 22. The highest BCUT2D eigenvalue weighted by Crippen LogP contribution is 2.45. The Labute approximate surface area is 617 Å². The first-order valence-electron chi connectivity index (χ1n) is 39.1. The molecule has 0 saturated heterocycles. The van der Waals surface area contributed by atoms with Crippen LogP contribution in [0.5, 0.6) is 0 Å². The lowest BCUT2D eigenvalue weighted by Gasteiger charge is -2.21. The summed E-state index contributed by atoms with van der Waals surface area (Å²) < 4.78 is 68.4. The first kappa shape index (κ1) is 96.9. The molecule has 17 nitrogen and oxygen atoms in total. The van der Waals surface area contributed by atoms with Crippen LogP contribution in [-0.2, 0) is 65.4 Å². The van der Waals surface area contributed by atoms with Gasteiger partial charge in [0.25, 0.3) is 0 Å². The van der Waals surface area contributed by atoms with Crippen LogP contribution in [0.2, 0.25) is 0 Å². The van der Waals surface area contributed by atoms with Gasteiger partial charge in [-0.2, -0.15) is 0 Å². The number of ether oxygens (including phenoxy) is 4. The van der Waals surface area contributed by atoms with Crippen molar-refractivity contribution in [2.75, 3.05) is 39.6 Å². The SMILES string of the molecule is CC/C=C\C/C=C\C/C=C\C/C=C\C/C=C\CCCCCC(=O)OCC(COP(=O)(O)OCC(O)COP(=O)(O)OCC(COC(=O)CCCCC/C=C\C/C=C\C/C=C\C/C=C\C/C=C\CC)OC(=O)CCCCCCC/C=C\CCCCCC)OC(=O)CCCCCCC/C=C\CCCC. The van der Waals surface area contributed by atoms with Gasteiger partial charge in [0, 0.05) is 25.7 Å². The van der Waals surface area contributed by atoms with Crippen molar-refractivity contribution in [3.63, 3.8) is 0 Å². The van der Waals surface area contributed by atoms with E-state index >= 15 is 0 Å². The summed E-state index contributed by atoms with van der Waals surface area (Å²) in [4.78, 5) is 72.9. The Morgan fingerprint density at radius 3 is 0.833 bits per heavy atom. The summed E-state index contributed by atoms with van der Waals surface area (Å²) in [5.74, 6) is -2.27. The maximum absolute atomic E-state index is 13.1. The van der Waals surface area contributed by atoms with Gasteiger partial charge < -0.3 is 33.8 Å². The van der Waals surface area contributed by atoms with Crippen LogP contribution < -0.4 is 0 Å². The van der Waals surface area contributed by atoms with Crippen LogP contribution in [0.4, 0.5) is 0 Å². The van der Waals surface area contributed by atoms with Crippen molar-refractivity contribution in [3.8, 4) is 0 Å². The molecule has 0 aliphatic rings. The van der Waals surface area contributed by atoms with Gasteiger partial charge in [-0.15, -0.1) is 0 Å². The van der Waals surface area contributed by atoms with Crippen LogP contribution >= 0.6 is 15.6 Å². The van der Waals surface area contributed by atoms with Gasteiger partial charge in [-0.25, -0.2) is 9.13 Å². The number of hydrogen-bond acceptors (Lipinski definition) is 15. The van der Waals surface area contributed by atoms with E-state index < -0.39 is 97.5 Å². The van der Waals surface area contributed by atoms with E-state index in [1.807, 2.05) is 0 Å². The third-order valence-electron chi connectivity index (χ3n) is 15.8. The number of hydrogen-bond donors (Lipinski definition) is 3. The fourth-order valence-electron chi connectivity index (χ4n) is 9.84. The van der Waals surface area contributed by atoms with E-state index in [-0.39, 0.29) is 25.7 Å². The van der Waals surface area contributed by atoms with Crippen LogP contribution in [0.1, 0.15) is 297 Å². The first-order chi connectivity index (χ1) is 49.7. The molecular formula is C83H138O17P2. The van der Waals surface area contributed by atoms with Gasteiger partial charge in [0.1, 0.15) is 19.3 Å². The molecule has 0 aromatic heterocycles. The van der Waals surface area contributed by atoms with Gasteiger partial charge in [0.15, 0.2) is 12.2 Å². The molecule has 0 aromatic carbocycles. The fourth-order valence-corrected chi connectivity index (χ4v) is 11.4. The number of carbonyl (C=O) groups is 4. The molecule has 0 amide bonds. The molecule has 0 spiro atoms. The summed E-state index contributed by atoms with van der Waals surface area (Å²) in [6.45, 7) is 4.49. The largest absolute Gasteiger partial charge is 0.472 e. The van der Waals surface area contributed by atoms with E-state index in [0.717, 1.165) is 180 Å². The van der Waals surface area contributed by atoms with Crippen molar-refractivity contribution in [3.05, 3.63) is 146 Å². The second-order valence-corrected chi connectivity index (χ2v) is 28.4. The number of carbonyl (C=O) groups excluding carboxylic acids is 4. The maximum atomic E-state index is 13.1. The van der Waals surface area contributed by atoms with E-state index in [0.29, 0.717) is 25.7 Å². The molecule has 3 N–H and O–H groups in total. The van der Waals surface area contributed by atoms with Crippen LogP contribution in [0.25, 0.3) is 0 Å². The number of allylic oxidation sites excluding steroid dienone is 24. The number of phosphoric acid groups is 2. The van der Waals surface area contributed by atoms with E-state index in [1.165, 1.54) is 38.5 Å². The zero-order valence-corrected chi connectivity index (χ0v) is 65.3. The Morgan fingerprint density at radius 2 is 0.520 bits per heavy atom. The minimum absolute atomic E-state index is 0.0723. The summed E-state index contributed by atoms with van der Waals surface area (Å²) in [5.41, 5.74) is 0. The normalized spacial score (nSPS) is 14.7. The lowest BCUT2D eigenvalue weighted by Crippen LogP contribution is -2.30.